The van der Waals surface area contributed by atoms with E-state index in [1.165, 1.54) is 0 Å². The van der Waals surface area contributed by atoms with Crippen LogP contribution < -0.4 is 0 Å². The number of carbonyl (C=O) groups excluding carboxylic acids is 2. The molecule has 0 saturated carbocycles. The molecule has 3 aromatic rings. The Hall–Kier alpha value is -3.41. The third-order valence-corrected chi connectivity index (χ3v) is 6.50. The van der Waals surface area contributed by atoms with Gasteiger partial charge >= 0.3 is 0 Å². The average molecular weight is 445 g/mol. The molecule has 6 nitrogen and oxygen atoms in total. The summed E-state index contributed by atoms with van der Waals surface area (Å²) in [6.07, 6.45) is 6.06. The van der Waals surface area contributed by atoms with Gasteiger partial charge in [-0.1, -0.05) is 25.1 Å². The molecule has 0 atom stereocenters. The number of amides is 2. The quantitative estimate of drug-likeness (QED) is 0.556. The summed E-state index contributed by atoms with van der Waals surface area (Å²) in [5.41, 5.74) is 4.38. The maximum Gasteiger partial charge on any atom is 0.255 e. The number of nitrogens with zero attached hydrogens (tertiary/aromatic N) is 4. The van der Waals surface area contributed by atoms with Crippen LogP contribution in [0.4, 0.5) is 0 Å². The Bertz CT molecular complexity index is 1100. The molecule has 6 heteroatoms. The van der Waals surface area contributed by atoms with Crippen LogP contribution in [0.3, 0.4) is 0 Å². The number of rotatable bonds is 6. The van der Waals surface area contributed by atoms with E-state index in [2.05, 4.69) is 16.5 Å². The van der Waals surface area contributed by atoms with Gasteiger partial charge < -0.3 is 14.4 Å². The monoisotopic (exact) mass is 444 g/mol. The van der Waals surface area contributed by atoms with E-state index in [0.29, 0.717) is 19.6 Å². The van der Waals surface area contributed by atoms with Crippen LogP contribution in [0.1, 0.15) is 58.3 Å². The molecule has 1 aromatic carbocycles. The van der Waals surface area contributed by atoms with Gasteiger partial charge in [-0.3, -0.25) is 14.6 Å². The smallest absolute Gasteiger partial charge is 0.255 e. The number of hydrogen-bond donors (Lipinski definition) is 0. The number of pyridine rings is 1. The molecule has 2 aromatic heterocycles. The minimum Gasteiger partial charge on any atom is -0.338 e. The first-order valence-corrected chi connectivity index (χ1v) is 11.8. The molecule has 1 aliphatic heterocycles. The van der Waals surface area contributed by atoms with E-state index in [0.717, 1.165) is 47.5 Å². The average Bonchev–Trinajstić information content (AvgIpc) is 3.16. The van der Waals surface area contributed by atoms with Crippen molar-refractivity contribution in [3.8, 4) is 5.69 Å². The van der Waals surface area contributed by atoms with E-state index in [4.69, 9.17) is 0 Å². The fourth-order valence-corrected chi connectivity index (χ4v) is 4.85. The SMILES string of the molecule is CCCN(C(=O)c1cc(C)n(-c2cccnc2)c1C)C1CCN(C(=O)c2ccccc2)CC1. The number of carbonyl (C=O) groups is 2. The van der Waals surface area contributed by atoms with Crippen molar-refractivity contribution in [2.24, 2.45) is 0 Å². The highest BCUT2D eigenvalue weighted by Crippen LogP contribution is 2.25. The lowest BCUT2D eigenvalue weighted by molar-refractivity contribution is 0.0519. The molecule has 0 radical (unpaired) electrons. The molecular weight excluding hydrogens is 412 g/mol. The number of hydrogen-bond acceptors (Lipinski definition) is 3. The Kier molecular flexibility index (Phi) is 6.92. The minimum atomic E-state index is 0.0717. The molecule has 172 valence electrons. The molecular formula is C27H32N4O2. The highest BCUT2D eigenvalue weighted by atomic mass is 16.2. The van der Waals surface area contributed by atoms with E-state index in [-0.39, 0.29) is 17.9 Å². The van der Waals surface area contributed by atoms with Crippen molar-refractivity contribution in [3.05, 3.63) is 83.4 Å². The highest BCUT2D eigenvalue weighted by molar-refractivity contribution is 5.96. The third kappa shape index (κ3) is 4.70. The van der Waals surface area contributed by atoms with Gasteiger partial charge in [-0.25, -0.2) is 0 Å². The predicted octanol–water partition coefficient (Wildman–Crippen LogP) is 4.65. The lowest BCUT2D eigenvalue weighted by Crippen LogP contribution is -2.49. The Balaban J connectivity index is 1.50. The van der Waals surface area contributed by atoms with Crippen LogP contribution in [0.25, 0.3) is 5.69 Å². The topological polar surface area (TPSA) is 58.4 Å². The second-order valence-corrected chi connectivity index (χ2v) is 8.72. The van der Waals surface area contributed by atoms with E-state index >= 15 is 0 Å². The lowest BCUT2D eigenvalue weighted by atomic mass is 10.0. The first kappa shape index (κ1) is 22.8. The number of benzene rings is 1. The molecule has 0 aliphatic carbocycles. The maximum absolute atomic E-state index is 13.7. The van der Waals surface area contributed by atoms with Crippen LogP contribution in [-0.4, -0.2) is 56.8 Å². The van der Waals surface area contributed by atoms with Crippen LogP contribution >= 0.6 is 0 Å². The standard InChI is InChI=1S/C27H32N4O2/c1-4-15-30(23-12-16-29(17-13-23)26(32)22-9-6-5-7-10-22)27(33)25-18-20(2)31(21(25)3)24-11-8-14-28-19-24/h5-11,14,18-19,23H,4,12-13,15-17H2,1-3H3. The van der Waals surface area contributed by atoms with Gasteiger partial charge in [0.1, 0.15) is 0 Å². The number of piperidine rings is 1. The van der Waals surface area contributed by atoms with Gasteiger partial charge in [-0.2, -0.15) is 0 Å². The highest BCUT2D eigenvalue weighted by Gasteiger charge is 2.31. The first-order chi connectivity index (χ1) is 16.0. The molecule has 4 rings (SSSR count). The van der Waals surface area contributed by atoms with Crippen molar-refractivity contribution in [1.82, 2.24) is 19.4 Å². The molecule has 0 bridgehead atoms. The Morgan fingerprint density at radius 1 is 1.06 bits per heavy atom. The van der Waals surface area contributed by atoms with Crippen molar-refractivity contribution < 1.29 is 9.59 Å². The molecule has 2 amide bonds. The largest absolute Gasteiger partial charge is 0.338 e. The fourth-order valence-electron chi connectivity index (χ4n) is 4.85. The zero-order chi connectivity index (χ0) is 23.4. The van der Waals surface area contributed by atoms with Gasteiger partial charge in [-0.05, 0) is 63.4 Å². The molecule has 1 aliphatic rings. The van der Waals surface area contributed by atoms with Crippen LogP contribution in [0.15, 0.2) is 60.9 Å². The summed E-state index contributed by atoms with van der Waals surface area (Å²) in [5, 5.41) is 0. The summed E-state index contributed by atoms with van der Waals surface area (Å²) in [4.78, 5) is 34.7. The van der Waals surface area contributed by atoms with Crippen LogP contribution in [0.2, 0.25) is 0 Å². The number of aromatic nitrogens is 2. The van der Waals surface area contributed by atoms with Crippen LogP contribution in [0.5, 0.6) is 0 Å². The summed E-state index contributed by atoms with van der Waals surface area (Å²) < 4.78 is 2.09. The summed E-state index contributed by atoms with van der Waals surface area (Å²) >= 11 is 0. The summed E-state index contributed by atoms with van der Waals surface area (Å²) in [7, 11) is 0. The molecule has 3 heterocycles. The zero-order valence-electron chi connectivity index (χ0n) is 19.7. The second-order valence-electron chi connectivity index (χ2n) is 8.72. The van der Waals surface area contributed by atoms with Gasteiger partial charge in [0.05, 0.1) is 17.4 Å². The second kappa shape index (κ2) is 10.0. The van der Waals surface area contributed by atoms with E-state index in [1.807, 2.05) is 78.4 Å². The van der Waals surface area contributed by atoms with Gasteiger partial charge in [0.2, 0.25) is 0 Å². The third-order valence-electron chi connectivity index (χ3n) is 6.50. The molecule has 0 spiro atoms. The molecule has 1 fully saturated rings. The number of likely N-dealkylation sites (tertiary alicyclic amines) is 1. The van der Waals surface area contributed by atoms with E-state index in [9.17, 15) is 9.59 Å². The number of aryl methyl sites for hydroxylation is 1. The summed E-state index contributed by atoms with van der Waals surface area (Å²) in [6, 6.07) is 15.5. The van der Waals surface area contributed by atoms with Crippen molar-refractivity contribution >= 4 is 11.8 Å². The summed E-state index contributed by atoms with van der Waals surface area (Å²) in [5.74, 6) is 0.148. The Morgan fingerprint density at radius 2 is 1.79 bits per heavy atom. The lowest BCUT2D eigenvalue weighted by Gasteiger charge is -2.38. The van der Waals surface area contributed by atoms with Gasteiger partial charge in [0.25, 0.3) is 11.8 Å². The van der Waals surface area contributed by atoms with Crippen LogP contribution in [0, 0.1) is 13.8 Å². The zero-order valence-corrected chi connectivity index (χ0v) is 19.7. The van der Waals surface area contributed by atoms with Crippen molar-refractivity contribution in [2.75, 3.05) is 19.6 Å². The molecule has 0 N–H and O–H groups in total. The van der Waals surface area contributed by atoms with Gasteiger partial charge in [-0.15, -0.1) is 0 Å². The molecule has 1 saturated heterocycles. The van der Waals surface area contributed by atoms with Crippen LogP contribution in [-0.2, 0) is 0 Å². The molecule has 0 unspecified atom stereocenters. The van der Waals surface area contributed by atoms with E-state index < -0.39 is 0 Å². The first-order valence-electron chi connectivity index (χ1n) is 11.8. The van der Waals surface area contributed by atoms with Crippen molar-refractivity contribution in [2.45, 2.75) is 46.1 Å². The summed E-state index contributed by atoms with van der Waals surface area (Å²) in [6.45, 7) is 8.17. The fraction of sp³-hybridized carbons (Fsp3) is 0.370. The maximum atomic E-state index is 13.7. The molecule has 33 heavy (non-hydrogen) atoms. The van der Waals surface area contributed by atoms with Gasteiger partial charge in [0.15, 0.2) is 0 Å². The predicted molar refractivity (Wildman–Crippen MR) is 130 cm³/mol. The van der Waals surface area contributed by atoms with Crippen molar-refractivity contribution in [3.63, 3.8) is 0 Å². The normalized spacial score (nSPS) is 14.3. The Labute approximate surface area is 195 Å². The van der Waals surface area contributed by atoms with Crippen molar-refractivity contribution in [1.29, 1.82) is 0 Å². The minimum absolute atomic E-state index is 0.0717. The Morgan fingerprint density at radius 3 is 2.42 bits per heavy atom. The van der Waals surface area contributed by atoms with Gasteiger partial charge in [0, 0.05) is 48.8 Å². The van der Waals surface area contributed by atoms with E-state index in [1.54, 1.807) is 6.20 Å².